The largest absolute Gasteiger partial charge is 0.456 e. The molecule has 0 aliphatic heterocycles. The van der Waals surface area contributed by atoms with Gasteiger partial charge in [0.25, 0.3) is 0 Å². The maximum Gasteiger partial charge on any atom is 0.139 e. The molecule has 3 heteroatoms. The molecule has 0 saturated heterocycles. The Morgan fingerprint density at radius 1 is 0.806 bits per heavy atom. The summed E-state index contributed by atoms with van der Waals surface area (Å²) in [5.41, 5.74) is 4.90. The molecule has 1 aromatic heterocycles. The fraction of sp³-hybridized carbons (Fsp3) is 0.286. The van der Waals surface area contributed by atoms with Gasteiger partial charge in [-0.1, -0.05) is 95.1 Å². The van der Waals surface area contributed by atoms with E-state index in [-0.39, 0.29) is 78.3 Å². The number of fused-ring (bicyclic) bond motifs is 7. The van der Waals surface area contributed by atoms with Crippen molar-refractivity contribution in [3.05, 3.63) is 86.1 Å². The monoisotopic (exact) mass is 564 g/mol. The molecular formula is C28H34OY2-2. The van der Waals surface area contributed by atoms with Crippen molar-refractivity contribution in [1.29, 1.82) is 0 Å². The van der Waals surface area contributed by atoms with Crippen LogP contribution in [0.15, 0.2) is 65.1 Å². The molecule has 0 unspecified atom stereocenters. The SMILES string of the molecule is CC1(C)c2ccccc2-c2oc3ccc4ccccc4c3c21.CCCC.[CH2-]C.[CH3-].[Y].[Y]. The average molecular weight is 564 g/mol. The Labute approximate surface area is 239 Å². The number of hydrogen-bond acceptors (Lipinski definition) is 1. The molecule has 4 aromatic rings. The maximum absolute atomic E-state index is 6.28. The minimum Gasteiger partial charge on any atom is -0.456 e. The standard InChI is InChI=1S/C21H16O.C4H10.C2H5.CH3.2Y/c1-21(2)16-10-6-5-9-15(16)20-19(21)18-14-8-4-3-7-13(14)11-12-17(18)22-20;1-3-4-2;1-2;;;/h3-12H,1-2H3;3-4H2,1-2H3;1H2,2H3;1H3;;/q;;2*-1;;. The summed E-state index contributed by atoms with van der Waals surface area (Å²) in [4.78, 5) is 0. The number of hydrogen-bond donors (Lipinski definition) is 0. The predicted octanol–water partition coefficient (Wildman–Crippen LogP) is 8.98. The Morgan fingerprint density at radius 2 is 1.39 bits per heavy atom. The molecule has 31 heavy (non-hydrogen) atoms. The average Bonchev–Trinajstić information content (AvgIpc) is 3.25. The van der Waals surface area contributed by atoms with Gasteiger partial charge in [0.15, 0.2) is 0 Å². The minimum atomic E-state index is -0.0265. The first-order valence-electron chi connectivity index (χ1n) is 10.3. The van der Waals surface area contributed by atoms with E-state index < -0.39 is 0 Å². The van der Waals surface area contributed by atoms with Crippen LogP contribution in [0.1, 0.15) is 58.6 Å². The second-order valence-corrected chi connectivity index (χ2v) is 7.64. The smallest absolute Gasteiger partial charge is 0.139 e. The van der Waals surface area contributed by atoms with E-state index in [1.54, 1.807) is 6.92 Å². The summed E-state index contributed by atoms with van der Waals surface area (Å²) < 4.78 is 6.28. The summed E-state index contributed by atoms with van der Waals surface area (Å²) in [5.74, 6) is 1.05. The van der Waals surface area contributed by atoms with Gasteiger partial charge in [0.2, 0.25) is 0 Å². The molecule has 160 valence electrons. The van der Waals surface area contributed by atoms with Gasteiger partial charge < -0.3 is 18.8 Å². The molecule has 0 atom stereocenters. The summed E-state index contributed by atoms with van der Waals surface area (Å²) in [7, 11) is 0. The van der Waals surface area contributed by atoms with E-state index in [2.05, 4.69) is 95.3 Å². The quantitative estimate of drug-likeness (QED) is 0.211. The van der Waals surface area contributed by atoms with E-state index >= 15 is 0 Å². The molecule has 0 fully saturated rings. The van der Waals surface area contributed by atoms with Gasteiger partial charge >= 0.3 is 0 Å². The van der Waals surface area contributed by atoms with Crippen molar-refractivity contribution in [2.45, 2.75) is 52.9 Å². The van der Waals surface area contributed by atoms with Crippen LogP contribution in [-0.4, -0.2) is 0 Å². The van der Waals surface area contributed by atoms with Crippen molar-refractivity contribution in [3.63, 3.8) is 0 Å². The van der Waals surface area contributed by atoms with Gasteiger partial charge in [-0.25, -0.2) is 0 Å². The van der Waals surface area contributed by atoms with Crippen LogP contribution >= 0.6 is 0 Å². The van der Waals surface area contributed by atoms with Crippen LogP contribution in [0.4, 0.5) is 0 Å². The number of unbranched alkanes of at least 4 members (excludes halogenated alkanes) is 1. The fourth-order valence-electron chi connectivity index (χ4n) is 4.02. The van der Waals surface area contributed by atoms with E-state index in [1.807, 2.05) is 0 Å². The zero-order chi connectivity index (χ0) is 20.3. The molecule has 0 amide bonds. The van der Waals surface area contributed by atoms with Gasteiger partial charge in [0, 0.05) is 87.3 Å². The zero-order valence-corrected chi connectivity index (χ0v) is 25.6. The number of benzene rings is 3. The van der Waals surface area contributed by atoms with Crippen LogP contribution in [0, 0.1) is 14.4 Å². The third-order valence-corrected chi connectivity index (χ3v) is 5.55. The Hall–Kier alpha value is -0.332. The summed E-state index contributed by atoms with van der Waals surface area (Å²) in [5, 5.41) is 3.82. The Balaban J connectivity index is 0.000000910. The number of rotatable bonds is 1. The van der Waals surface area contributed by atoms with Crippen LogP contribution in [0.2, 0.25) is 0 Å². The molecule has 1 heterocycles. The topological polar surface area (TPSA) is 13.1 Å². The summed E-state index contributed by atoms with van der Waals surface area (Å²) in [6.07, 6.45) is 2.64. The van der Waals surface area contributed by atoms with Gasteiger partial charge in [-0.05, 0) is 22.4 Å². The van der Waals surface area contributed by atoms with Crippen LogP contribution in [-0.2, 0) is 70.8 Å². The first kappa shape index (κ1) is 30.7. The molecule has 1 aliphatic rings. The molecule has 0 spiro atoms. The van der Waals surface area contributed by atoms with E-state index in [9.17, 15) is 0 Å². The van der Waals surface area contributed by atoms with Crippen molar-refractivity contribution >= 4 is 21.7 Å². The first-order chi connectivity index (χ1) is 13.6. The summed E-state index contributed by atoms with van der Waals surface area (Å²) in [6, 6.07) is 21.4. The van der Waals surface area contributed by atoms with E-state index in [4.69, 9.17) is 4.42 Å². The second kappa shape index (κ2) is 13.4. The molecule has 3 aromatic carbocycles. The van der Waals surface area contributed by atoms with Crippen molar-refractivity contribution in [3.8, 4) is 11.3 Å². The van der Waals surface area contributed by atoms with Crippen LogP contribution < -0.4 is 0 Å². The second-order valence-electron chi connectivity index (χ2n) is 7.64. The fourth-order valence-corrected chi connectivity index (χ4v) is 4.02. The van der Waals surface area contributed by atoms with Crippen molar-refractivity contribution < 1.29 is 69.8 Å². The zero-order valence-electron chi connectivity index (χ0n) is 20.0. The normalized spacial score (nSPS) is 11.9. The maximum atomic E-state index is 6.28. The van der Waals surface area contributed by atoms with Gasteiger partial charge in [0.1, 0.15) is 11.3 Å². The van der Waals surface area contributed by atoms with Gasteiger partial charge in [-0.15, -0.1) is 0 Å². The Bertz CT molecular complexity index is 1090. The van der Waals surface area contributed by atoms with Crippen molar-refractivity contribution in [2.24, 2.45) is 0 Å². The summed E-state index contributed by atoms with van der Waals surface area (Å²) in [6.45, 7) is 14.0. The predicted molar refractivity (Wildman–Crippen MR) is 129 cm³/mol. The summed E-state index contributed by atoms with van der Waals surface area (Å²) >= 11 is 0. The third kappa shape index (κ3) is 5.60. The molecule has 2 radical (unpaired) electrons. The van der Waals surface area contributed by atoms with Crippen LogP contribution in [0.25, 0.3) is 33.1 Å². The van der Waals surface area contributed by atoms with E-state index in [0.717, 1.165) is 11.3 Å². The molecule has 1 aliphatic carbocycles. The third-order valence-electron chi connectivity index (χ3n) is 5.55. The van der Waals surface area contributed by atoms with Crippen LogP contribution in [0.5, 0.6) is 0 Å². The first-order valence-corrected chi connectivity index (χ1v) is 10.3. The van der Waals surface area contributed by atoms with Crippen LogP contribution in [0.3, 0.4) is 0 Å². The molecular weight excluding hydrogens is 530 g/mol. The minimum absolute atomic E-state index is 0. The van der Waals surface area contributed by atoms with Gasteiger partial charge in [-0.3, -0.25) is 0 Å². The molecule has 0 bridgehead atoms. The Kier molecular flexibility index (Phi) is 13.2. The molecule has 0 saturated carbocycles. The molecule has 1 nitrogen and oxygen atoms in total. The molecule has 5 rings (SSSR count). The van der Waals surface area contributed by atoms with Gasteiger partial charge in [0.05, 0.1) is 0 Å². The van der Waals surface area contributed by atoms with E-state index in [1.165, 1.54) is 45.7 Å². The number of furan rings is 1. The Morgan fingerprint density at radius 3 is 2.03 bits per heavy atom. The molecule has 0 N–H and O–H groups in total. The van der Waals surface area contributed by atoms with Crippen molar-refractivity contribution in [2.75, 3.05) is 0 Å². The van der Waals surface area contributed by atoms with Crippen molar-refractivity contribution in [1.82, 2.24) is 0 Å². The van der Waals surface area contributed by atoms with E-state index in [0.29, 0.717) is 0 Å². The van der Waals surface area contributed by atoms with Gasteiger partial charge in [-0.2, -0.15) is 6.92 Å².